The first-order valence-corrected chi connectivity index (χ1v) is 5.56. The van der Waals surface area contributed by atoms with Gasteiger partial charge < -0.3 is 4.98 Å². The maximum atomic E-state index is 10.6. The molecule has 84 valence electrons. The molecule has 0 saturated heterocycles. The number of fused-ring (bicyclic) bond motifs is 1. The maximum Gasteiger partial charge on any atom is 0.271 e. The molecule has 1 heterocycles. The van der Waals surface area contributed by atoms with Gasteiger partial charge in [0.05, 0.1) is 10.4 Å². The number of nitro groups is 1. The number of benzene rings is 1. The van der Waals surface area contributed by atoms with E-state index < -0.39 is 4.92 Å². The lowest BCUT2D eigenvalue weighted by atomic mass is 10.2. The number of hydrogen-bond donors (Lipinski definition) is 1. The van der Waals surface area contributed by atoms with E-state index in [0.29, 0.717) is 5.88 Å². The van der Waals surface area contributed by atoms with Gasteiger partial charge in [-0.15, -0.1) is 11.6 Å². The van der Waals surface area contributed by atoms with Gasteiger partial charge in [0, 0.05) is 29.1 Å². The van der Waals surface area contributed by atoms with Gasteiger partial charge in [0.15, 0.2) is 0 Å². The molecular weight excluding hydrogens is 228 g/mol. The summed E-state index contributed by atoms with van der Waals surface area (Å²) in [6.45, 7) is 0. The highest BCUT2D eigenvalue weighted by Crippen LogP contribution is 2.21. The molecule has 4 nitrogen and oxygen atoms in total. The summed E-state index contributed by atoms with van der Waals surface area (Å²) in [6, 6.07) is 6.83. The van der Waals surface area contributed by atoms with Gasteiger partial charge in [-0.2, -0.15) is 0 Å². The molecule has 0 aliphatic heterocycles. The zero-order valence-corrected chi connectivity index (χ0v) is 9.33. The molecule has 0 radical (unpaired) electrons. The van der Waals surface area contributed by atoms with Gasteiger partial charge in [0.2, 0.25) is 0 Å². The molecular formula is C11H11ClN2O2. The standard InChI is InChI=1S/C11H11ClN2O2/c12-5-1-2-9-6-8-3-4-10(14(15)16)7-11(8)13-9/h3-4,6-7,13H,1-2,5H2. The molecule has 2 rings (SSSR count). The monoisotopic (exact) mass is 238 g/mol. The van der Waals surface area contributed by atoms with E-state index in [0.717, 1.165) is 29.4 Å². The predicted molar refractivity (Wildman–Crippen MR) is 64.0 cm³/mol. The Morgan fingerprint density at radius 1 is 1.38 bits per heavy atom. The molecule has 5 heteroatoms. The first-order chi connectivity index (χ1) is 7.70. The molecule has 0 aliphatic rings. The first-order valence-electron chi connectivity index (χ1n) is 5.02. The fraction of sp³-hybridized carbons (Fsp3) is 0.273. The molecule has 1 N–H and O–H groups in total. The maximum absolute atomic E-state index is 10.6. The molecule has 1 aromatic carbocycles. The molecule has 2 aromatic rings. The second kappa shape index (κ2) is 4.53. The third kappa shape index (κ3) is 2.17. The van der Waals surface area contributed by atoms with E-state index in [9.17, 15) is 10.1 Å². The van der Waals surface area contributed by atoms with E-state index in [1.165, 1.54) is 6.07 Å². The van der Waals surface area contributed by atoms with Gasteiger partial charge >= 0.3 is 0 Å². The highest BCUT2D eigenvalue weighted by Gasteiger charge is 2.07. The Labute approximate surface area is 97.4 Å². The fourth-order valence-corrected chi connectivity index (χ4v) is 1.81. The zero-order valence-electron chi connectivity index (χ0n) is 8.57. The highest BCUT2D eigenvalue weighted by atomic mass is 35.5. The van der Waals surface area contributed by atoms with Crippen LogP contribution in [0.3, 0.4) is 0 Å². The average molecular weight is 239 g/mol. The molecule has 0 amide bonds. The van der Waals surface area contributed by atoms with E-state index in [2.05, 4.69) is 4.98 Å². The predicted octanol–water partition coefficient (Wildman–Crippen LogP) is 3.25. The van der Waals surface area contributed by atoms with Gasteiger partial charge in [0.1, 0.15) is 0 Å². The van der Waals surface area contributed by atoms with Crippen LogP contribution >= 0.6 is 11.6 Å². The van der Waals surface area contributed by atoms with Crippen molar-refractivity contribution >= 4 is 28.2 Å². The Bertz CT molecular complexity index is 522. The minimum absolute atomic E-state index is 0.109. The van der Waals surface area contributed by atoms with Crippen molar-refractivity contribution in [3.8, 4) is 0 Å². The first kappa shape index (κ1) is 11.0. The van der Waals surface area contributed by atoms with Crippen LogP contribution in [0.4, 0.5) is 5.69 Å². The lowest BCUT2D eigenvalue weighted by Gasteiger charge is -1.92. The van der Waals surface area contributed by atoms with Crippen molar-refractivity contribution < 1.29 is 4.92 Å². The van der Waals surface area contributed by atoms with Crippen molar-refractivity contribution in [2.45, 2.75) is 12.8 Å². The molecule has 0 aliphatic carbocycles. The van der Waals surface area contributed by atoms with Crippen molar-refractivity contribution in [3.63, 3.8) is 0 Å². The number of nitrogens with one attached hydrogen (secondary N) is 1. The van der Waals surface area contributed by atoms with Crippen molar-refractivity contribution in [3.05, 3.63) is 40.1 Å². The van der Waals surface area contributed by atoms with Crippen molar-refractivity contribution in [2.24, 2.45) is 0 Å². The minimum Gasteiger partial charge on any atom is -0.358 e. The molecule has 0 fully saturated rings. The lowest BCUT2D eigenvalue weighted by Crippen LogP contribution is -1.87. The lowest BCUT2D eigenvalue weighted by molar-refractivity contribution is -0.384. The normalized spacial score (nSPS) is 10.8. The topological polar surface area (TPSA) is 58.9 Å². The number of non-ortho nitro benzene ring substituents is 1. The van der Waals surface area contributed by atoms with Crippen molar-refractivity contribution in [2.75, 3.05) is 5.88 Å². The summed E-state index contributed by atoms with van der Waals surface area (Å²) in [6.07, 6.45) is 1.77. The second-order valence-electron chi connectivity index (χ2n) is 3.62. The van der Waals surface area contributed by atoms with Gasteiger partial charge in [0.25, 0.3) is 5.69 Å². The minimum atomic E-state index is -0.390. The summed E-state index contributed by atoms with van der Waals surface area (Å²) in [5.74, 6) is 0.621. The van der Waals surface area contributed by atoms with Crippen LogP contribution in [0.5, 0.6) is 0 Å². The zero-order chi connectivity index (χ0) is 11.5. The summed E-state index contributed by atoms with van der Waals surface area (Å²) < 4.78 is 0. The molecule has 0 unspecified atom stereocenters. The number of hydrogen-bond acceptors (Lipinski definition) is 2. The van der Waals surface area contributed by atoms with Gasteiger partial charge in [-0.3, -0.25) is 10.1 Å². The van der Waals surface area contributed by atoms with E-state index in [-0.39, 0.29) is 5.69 Å². The summed E-state index contributed by atoms with van der Waals surface area (Å²) >= 11 is 5.61. The van der Waals surface area contributed by atoms with Crippen LogP contribution in [0.2, 0.25) is 0 Å². The number of nitrogens with zero attached hydrogens (tertiary/aromatic N) is 1. The molecule has 0 atom stereocenters. The van der Waals surface area contributed by atoms with Crippen LogP contribution in [0.1, 0.15) is 12.1 Å². The van der Waals surface area contributed by atoms with Crippen molar-refractivity contribution in [1.82, 2.24) is 4.98 Å². The number of aryl methyl sites for hydroxylation is 1. The van der Waals surface area contributed by atoms with E-state index in [1.54, 1.807) is 12.1 Å². The average Bonchev–Trinajstić information content (AvgIpc) is 2.67. The van der Waals surface area contributed by atoms with Crippen LogP contribution in [0, 0.1) is 10.1 Å². The fourth-order valence-electron chi connectivity index (χ4n) is 1.68. The Morgan fingerprint density at radius 3 is 2.88 bits per heavy atom. The summed E-state index contributed by atoms with van der Waals surface area (Å²) in [7, 11) is 0. The number of aromatic nitrogens is 1. The summed E-state index contributed by atoms with van der Waals surface area (Å²) in [5, 5.41) is 11.6. The smallest absolute Gasteiger partial charge is 0.271 e. The SMILES string of the molecule is O=[N+]([O-])c1ccc2cc(CCCCl)[nH]c2c1. The van der Waals surface area contributed by atoms with E-state index >= 15 is 0 Å². The van der Waals surface area contributed by atoms with Crippen LogP contribution in [-0.2, 0) is 6.42 Å². The van der Waals surface area contributed by atoms with Crippen LogP contribution < -0.4 is 0 Å². The number of alkyl halides is 1. The second-order valence-corrected chi connectivity index (χ2v) is 3.99. The van der Waals surface area contributed by atoms with Gasteiger partial charge in [-0.05, 0) is 25.0 Å². The number of aromatic amines is 1. The summed E-state index contributed by atoms with van der Waals surface area (Å²) in [5.41, 5.74) is 1.98. The highest BCUT2D eigenvalue weighted by molar-refractivity contribution is 6.17. The Kier molecular flexibility index (Phi) is 3.10. The number of nitro benzene ring substituents is 1. The van der Waals surface area contributed by atoms with Gasteiger partial charge in [-0.1, -0.05) is 0 Å². The molecule has 0 saturated carbocycles. The van der Waals surface area contributed by atoms with Crippen molar-refractivity contribution in [1.29, 1.82) is 0 Å². The Hall–Kier alpha value is -1.55. The molecule has 16 heavy (non-hydrogen) atoms. The van der Waals surface area contributed by atoms with E-state index in [1.807, 2.05) is 6.07 Å². The quantitative estimate of drug-likeness (QED) is 0.505. The Morgan fingerprint density at radius 2 is 2.19 bits per heavy atom. The molecule has 0 spiro atoms. The number of H-pyrrole nitrogens is 1. The Balaban J connectivity index is 2.34. The van der Waals surface area contributed by atoms with Crippen LogP contribution in [0.15, 0.2) is 24.3 Å². The third-order valence-electron chi connectivity index (χ3n) is 2.45. The van der Waals surface area contributed by atoms with Crippen LogP contribution in [0.25, 0.3) is 10.9 Å². The largest absolute Gasteiger partial charge is 0.358 e. The number of rotatable bonds is 4. The van der Waals surface area contributed by atoms with Crippen LogP contribution in [-0.4, -0.2) is 15.8 Å². The summed E-state index contributed by atoms with van der Waals surface area (Å²) in [4.78, 5) is 13.4. The van der Waals surface area contributed by atoms with E-state index in [4.69, 9.17) is 11.6 Å². The molecule has 1 aromatic heterocycles. The third-order valence-corrected chi connectivity index (χ3v) is 2.72. The number of halogens is 1. The van der Waals surface area contributed by atoms with Gasteiger partial charge in [-0.25, -0.2) is 0 Å². The molecule has 0 bridgehead atoms.